The lowest BCUT2D eigenvalue weighted by molar-refractivity contribution is 0.0397. The highest BCUT2D eigenvalue weighted by molar-refractivity contribution is 14.1. The first kappa shape index (κ1) is 16.2. The number of rotatable bonds is 5. The summed E-state index contributed by atoms with van der Waals surface area (Å²) in [6.45, 7) is 10.3. The quantitative estimate of drug-likeness (QED) is 0.769. The third kappa shape index (κ3) is 3.95. The molecular formula is C17H27IN2. The van der Waals surface area contributed by atoms with E-state index in [4.69, 9.17) is 0 Å². The van der Waals surface area contributed by atoms with Crippen LogP contribution >= 0.6 is 22.6 Å². The first-order valence-corrected chi connectivity index (χ1v) is 8.88. The lowest BCUT2D eigenvalue weighted by Crippen LogP contribution is -2.62. The van der Waals surface area contributed by atoms with E-state index in [-0.39, 0.29) is 5.54 Å². The number of nitrogens with one attached hydrogen (secondary N) is 1. The molecule has 2 atom stereocenters. The molecule has 1 heterocycles. The third-order valence-corrected chi connectivity index (χ3v) is 5.38. The van der Waals surface area contributed by atoms with Gasteiger partial charge in [-0.2, -0.15) is 0 Å². The summed E-state index contributed by atoms with van der Waals surface area (Å²) >= 11 is 2.37. The summed E-state index contributed by atoms with van der Waals surface area (Å²) in [5.74, 6) is 0. The van der Waals surface area contributed by atoms with E-state index >= 15 is 0 Å². The van der Waals surface area contributed by atoms with Crippen molar-refractivity contribution in [2.75, 3.05) is 13.1 Å². The molecule has 2 nitrogen and oxygen atoms in total. The fraction of sp³-hybridized carbons (Fsp3) is 0.647. The normalized spacial score (nSPS) is 27.7. The van der Waals surface area contributed by atoms with Gasteiger partial charge >= 0.3 is 0 Å². The summed E-state index contributed by atoms with van der Waals surface area (Å²) in [5, 5.41) is 3.74. The Morgan fingerprint density at radius 2 is 2.00 bits per heavy atom. The van der Waals surface area contributed by atoms with Crippen molar-refractivity contribution >= 4 is 22.6 Å². The number of benzene rings is 1. The number of halogens is 1. The molecule has 1 aromatic carbocycles. The first-order valence-electron chi connectivity index (χ1n) is 7.80. The van der Waals surface area contributed by atoms with Gasteiger partial charge in [0.05, 0.1) is 0 Å². The molecular weight excluding hydrogens is 359 g/mol. The van der Waals surface area contributed by atoms with Gasteiger partial charge in [0.2, 0.25) is 0 Å². The Morgan fingerprint density at radius 3 is 2.60 bits per heavy atom. The van der Waals surface area contributed by atoms with Gasteiger partial charge in [0.25, 0.3) is 0 Å². The molecule has 0 aromatic heterocycles. The van der Waals surface area contributed by atoms with Crippen LogP contribution in [0.2, 0.25) is 0 Å². The first-order chi connectivity index (χ1) is 9.57. The Kier molecular flexibility index (Phi) is 5.87. The fourth-order valence-corrected chi connectivity index (χ4v) is 3.34. The topological polar surface area (TPSA) is 15.3 Å². The van der Waals surface area contributed by atoms with Gasteiger partial charge in [-0.15, -0.1) is 0 Å². The molecule has 0 amide bonds. The van der Waals surface area contributed by atoms with E-state index in [1.54, 1.807) is 0 Å². The molecule has 1 fully saturated rings. The largest absolute Gasteiger partial charge is 0.311 e. The van der Waals surface area contributed by atoms with Gasteiger partial charge in [0.1, 0.15) is 0 Å². The predicted molar refractivity (Wildman–Crippen MR) is 95.0 cm³/mol. The van der Waals surface area contributed by atoms with Crippen LogP contribution in [-0.4, -0.2) is 29.6 Å². The zero-order valence-electron chi connectivity index (χ0n) is 13.0. The van der Waals surface area contributed by atoms with Gasteiger partial charge in [-0.3, -0.25) is 4.90 Å². The molecule has 1 saturated heterocycles. The van der Waals surface area contributed by atoms with Crippen LogP contribution in [0.1, 0.15) is 45.6 Å². The Balaban J connectivity index is 2.09. The maximum Gasteiger partial charge on any atom is 0.0307 e. The Bertz CT molecular complexity index is 418. The van der Waals surface area contributed by atoms with Crippen LogP contribution in [0.15, 0.2) is 24.3 Å². The van der Waals surface area contributed by atoms with Crippen molar-refractivity contribution in [3.8, 4) is 0 Å². The fourth-order valence-electron chi connectivity index (χ4n) is 2.98. The van der Waals surface area contributed by atoms with Crippen LogP contribution < -0.4 is 5.32 Å². The Labute approximate surface area is 137 Å². The summed E-state index contributed by atoms with van der Waals surface area (Å²) < 4.78 is 1.31. The molecule has 3 heteroatoms. The van der Waals surface area contributed by atoms with E-state index < -0.39 is 0 Å². The lowest BCUT2D eigenvalue weighted by atomic mass is 9.90. The molecule has 2 unspecified atom stereocenters. The highest BCUT2D eigenvalue weighted by atomic mass is 127. The molecule has 0 saturated carbocycles. The van der Waals surface area contributed by atoms with Crippen molar-refractivity contribution in [2.24, 2.45) is 0 Å². The van der Waals surface area contributed by atoms with E-state index in [0.717, 1.165) is 13.1 Å². The van der Waals surface area contributed by atoms with Crippen molar-refractivity contribution in [1.29, 1.82) is 0 Å². The summed E-state index contributed by atoms with van der Waals surface area (Å²) in [6.07, 6.45) is 3.74. The van der Waals surface area contributed by atoms with E-state index in [0.29, 0.717) is 6.04 Å². The van der Waals surface area contributed by atoms with Crippen LogP contribution in [0.25, 0.3) is 0 Å². The van der Waals surface area contributed by atoms with Gasteiger partial charge in [0, 0.05) is 34.8 Å². The van der Waals surface area contributed by atoms with E-state index in [1.165, 1.54) is 34.9 Å². The molecule has 112 valence electrons. The van der Waals surface area contributed by atoms with Crippen LogP contribution in [-0.2, 0) is 6.54 Å². The molecule has 2 rings (SSSR count). The minimum Gasteiger partial charge on any atom is -0.311 e. The maximum absolute atomic E-state index is 3.74. The van der Waals surface area contributed by atoms with Gasteiger partial charge in [-0.25, -0.2) is 0 Å². The molecule has 20 heavy (non-hydrogen) atoms. The van der Waals surface area contributed by atoms with Crippen molar-refractivity contribution in [3.63, 3.8) is 0 Å². The predicted octanol–water partition coefficient (Wildman–Crippen LogP) is 4.03. The SMILES string of the molecule is CCCC1CN(Cc2ccc(I)cc2)C(C)(CC)CN1. The lowest BCUT2D eigenvalue weighted by Gasteiger charge is -2.48. The molecule has 0 bridgehead atoms. The summed E-state index contributed by atoms with van der Waals surface area (Å²) in [6, 6.07) is 9.63. The standard InChI is InChI=1S/C17H27IN2/c1-4-6-16-12-20(17(3,5-2)13-19-16)11-14-7-9-15(18)10-8-14/h7-10,16,19H,4-6,11-13H2,1-3H3. The van der Waals surface area contributed by atoms with Crippen molar-refractivity contribution in [1.82, 2.24) is 10.2 Å². The minimum atomic E-state index is 0.285. The molecule has 1 aromatic rings. The van der Waals surface area contributed by atoms with Crippen LogP contribution in [0.3, 0.4) is 0 Å². The molecule has 0 spiro atoms. The molecule has 1 N–H and O–H groups in total. The van der Waals surface area contributed by atoms with Gasteiger partial charge in [0.15, 0.2) is 0 Å². The Morgan fingerprint density at radius 1 is 1.30 bits per heavy atom. The number of nitrogens with zero attached hydrogens (tertiary/aromatic N) is 1. The second kappa shape index (κ2) is 7.23. The zero-order valence-corrected chi connectivity index (χ0v) is 15.1. The highest BCUT2D eigenvalue weighted by Crippen LogP contribution is 2.26. The minimum absolute atomic E-state index is 0.285. The summed E-state index contributed by atoms with van der Waals surface area (Å²) in [5.41, 5.74) is 1.72. The smallest absolute Gasteiger partial charge is 0.0307 e. The van der Waals surface area contributed by atoms with Gasteiger partial charge in [-0.1, -0.05) is 32.4 Å². The second-order valence-electron chi connectivity index (χ2n) is 6.22. The summed E-state index contributed by atoms with van der Waals surface area (Å²) in [4.78, 5) is 2.69. The van der Waals surface area contributed by atoms with Gasteiger partial charge in [-0.05, 0) is 60.1 Å². The number of piperazine rings is 1. The number of hydrogen-bond acceptors (Lipinski definition) is 2. The van der Waals surface area contributed by atoms with E-state index in [2.05, 4.69) is 77.8 Å². The molecule has 1 aliphatic rings. The number of hydrogen-bond donors (Lipinski definition) is 1. The average molecular weight is 386 g/mol. The third-order valence-electron chi connectivity index (χ3n) is 4.66. The monoisotopic (exact) mass is 386 g/mol. The van der Waals surface area contributed by atoms with Crippen molar-refractivity contribution in [2.45, 2.75) is 58.2 Å². The van der Waals surface area contributed by atoms with Crippen molar-refractivity contribution in [3.05, 3.63) is 33.4 Å². The van der Waals surface area contributed by atoms with E-state index in [9.17, 15) is 0 Å². The second-order valence-corrected chi connectivity index (χ2v) is 7.47. The molecule has 0 aliphatic carbocycles. The summed E-state index contributed by atoms with van der Waals surface area (Å²) in [7, 11) is 0. The van der Waals surface area contributed by atoms with Crippen LogP contribution in [0.5, 0.6) is 0 Å². The van der Waals surface area contributed by atoms with Gasteiger partial charge < -0.3 is 5.32 Å². The van der Waals surface area contributed by atoms with Crippen LogP contribution in [0, 0.1) is 3.57 Å². The Hall–Kier alpha value is -0.130. The molecule has 1 aliphatic heterocycles. The highest BCUT2D eigenvalue weighted by Gasteiger charge is 2.35. The van der Waals surface area contributed by atoms with Crippen molar-refractivity contribution < 1.29 is 0 Å². The zero-order chi connectivity index (χ0) is 14.6. The average Bonchev–Trinajstić information content (AvgIpc) is 2.45. The molecule has 0 radical (unpaired) electrons. The maximum atomic E-state index is 3.74. The van der Waals surface area contributed by atoms with E-state index in [1.807, 2.05) is 0 Å². The van der Waals surface area contributed by atoms with Crippen LogP contribution in [0.4, 0.5) is 0 Å².